The second kappa shape index (κ2) is 8.02. The summed E-state index contributed by atoms with van der Waals surface area (Å²) in [6, 6.07) is 6.97. The summed E-state index contributed by atoms with van der Waals surface area (Å²) in [5, 5.41) is 16.1. The highest BCUT2D eigenvalue weighted by Gasteiger charge is 2.18. The third-order valence-electron chi connectivity index (χ3n) is 4.55. The fourth-order valence-electron chi connectivity index (χ4n) is 3.12. The molecule has 3 rings (SSSR count). The number of fused-ring (bicyclic) bond motifs is 1. The van der Waals surface area contributed by atoms with E-state index in [4.69, 9.17) is 0 Å². The van der Waals surface area contributed by atoms with Gasteiger partial charge in [-0.05, 0) is 19.9 Å². The Morgan fingerprint density at radius 3 is 2.55 bits per heavy atom. The summed E-state index contributed by atoms with van der Waals surface area (Å²) in [4.78, 5) is 41.2. The van der Waals surface area contributed by atoms with Crippen molar-refractivity contribution < 1.29 is 9.90 Å². The van der Waals surface area contributed by atoms with E-state index in [1.54, 1.807) is 24.3 Å². The van der Waals surface area contributed by atoms with Crippen molar-refractivity contribution in [1.82, 2.24) is 24.0 Å². The largest absolute Gasteiger partial charge is 0.374 e. The molecular formula is C19H24N6O4. The molecule has 1 aromatic carbocycles. The number of carbonyl (C=O) groups excluding carboxylic acids is 1. The van der Waals surface area contributed by atoms with Gasteiger partial charge in [0.25, 0.3) is 5.56 Å². The van der Waals surface area contributed by atoms with Crippen LogP contribution in [0, 0.1) is 0 Å². The highest BCUT2D eigenvalue weighted by Crippen LogP contribution is 2.21. The van der Waals surface area contributed by atoms with Crippen LogP contribution in [0.25, 0.3) is 11.2 Å². The van der Waals surface area contributed by atoms with E-state index in [2.05, 4.69) is 15.6 Å². The molecular weight excluding hydrogens is 376 g/mol. The number of aryl methyl sites for hydroxylation is 1. The molecule has 0 spiro atoms. The normalized spacial score (nSPS) is 12.5. The summed E-state index contributed by atoms with van der Waals surface area (Å²) in [7, 11) is 2.89. The molecule has 10 heteroatoms. The Morgan fingerprint density at radius 2 is 1.86 bits per heavy atom. The van der Waals surface area contributed by atoms with Crippen LogP contribution in [-0.2, 0) is 25.4 Å². The first-order chi connectivity index (χ1) is 13.7. The highest BCUT2D eigenvalue weighted by atomic mass is 16.3. The van der Waals surface area contributed by atoms with Gasteiger partial charge in [0.05, 0.1) is 6.33 Å². The molecule has 1 amide bonds. The fourth-order valence-corrected chi connectivity index (χ4v) is 3.12. The van der Waals surface area contributed by atoms with Gasteiger partial charge in [-0.2, -0.15) is 0 Å². The summed E-state index contributed by atoms with van der Waals surface area (Å²) in [6.07, 6.45) is 0.411. The van der Waals surface area contributed by atoms with E-state index in [9.17, 15) is 19.5 Å². The van der Waals surface area contributed by atoms with Crippen molar-refractivity contribution in [2.45, 2.75) is 32.7 Å². The third kappa shape index (κ3) is 3.98. The Bertz CT molecular complexity index is 1170. The van der Waals surface area contributed by atoms with Gasteiger partial charge in [0.1, 0.15) is 12.8 Å². The summed E-state index contributed by atoms with van der Waals surface area (Å²) >= 11 is 0. The molecule has 3 N–H and O–H groups in total. The van der Waals surface area contributed by atoms with Crippen LogP contribution in [0.15, 0.2) is 40.2 Å². The van der Waals surface area contributed by atoms with Crippen LogP contribution in [0.3, 0.4) is 0 Å². The summed E-state index contributed by atoms with van der Waals surface area (Å²) in [5.41, 5.74) is 0.358. The predicted octanol–water partition coefficient (Wildman–Crippen LogP) is 0.0613. The van der Waals surface area contributed by atoms with E-state index < -0.39 is 23.4 Å². The number of hydrogen-bond donors (Lipinski definition) is 3. The molecule has 0 fully saturated rings. The van der Waals surface area contributed by atoms with Crippen LogP contribution in [0.5, 0.6) is 0 Å². The van der Waals surface area contributed by atoms with Gasteiger partial charge in [0.2, 0.25) is 5.91 Å². The van der Waals surface area contributed by atoms with Crippen molar-refractivity contribution in [1.29, 1.82) is 0 Å². The molecule has 0 aliphatic rings. The molecule has 154 valence electrons. The molecule has 0 bridgehead atoms. The second-order valence-corrected chi connectivity index (χ2v) is 7.11. The Kier molecular flexibility index (Phi) is 5.66. The zero-order valence-electron chi connectivity index (χ0n) is 16.7. The minimum atomic E-state index is -0.942. The molecule has 0 aliphatic heterocycles. The number of benzene rings is 1. The molecule has 2 heterocycles. The van der Waals surface area contributed by atoms with E-state index in [0.29, 0.717) is 11.3 Å². The van der Waals surface area contributed by atoms with Crippen LogP contribution >= 0.6 is 0 Å². The molecule has 3 aromatic rings. The monoisotopic (exact) mass is 400 g/mol. The van der Waals surface area contributed by atoms with Crippen LogP contribution in [-0.4, -0.2) is 35.7 Å². The maximum absolute atomic E-state index is 12.6. The van der Waals surface area contributed by atoms with Crippen molar-refractivity contribution in [3.05, 3.63) is 57.0 Å². The first kappa shape index (κ1) is 20.5. The Balaban J connectivity index is 1.88. The van der Waals surface area contributed by atoms with E-state index in [1.165, 1.54) is 29.6 Å². The molecule has 0 saturated heterocycles. The topological polar surface area (TPSA) is 123 Å². The molecule has 0 saturated carbocycles. The number of aliphatic hydroxyl groups excluding tert-OH is 1. The summed E-state index contributed by atoms with van der Waals surface area (Å²) < 4.78 is 3.63. The minimum Gasteiger partial charge on any atom is -0.374 e. The molecule has 29 heavy (non-hydrogen) atoms. The van der Waals surface area contributed by atoms with Crippen LogP contribution < -0.4 is 21.9 Å². The van der Waals surface area contributed by atoms with E-state index in [0.717, 1.165) is 4.57 Å². The number of para-hydroxylation sites is 1. The molecule has 10 nitrogen and oxygen atoms in total. The number of rotatable bonds is 6. The lowest BCUT2D eigenvalue weighted by molar-refractivity contribution is -0.116. The number of nitrogens with one attached hydrogen (secondary N) is 2. The van der Waals surface area contributed by atoms with Crippen molar-refractivity contribution in [2.24, 2.45) is 14.1 Å². The number of amides is 1. The number of imidazole rings is 1. The zero-order valence-corrected chi connectivity index (χ0v) is 16.7. The Labute approximate surface area is 166 Å². The number of carbonyl (C=O) groups is 1. The van der Waals surface area contributed by atoms with Crippen LogP contribution in [0.4, 0.5) is 5.69 Å². The first-order valence-electron chi connectivity index (χ1n) is 9.14. The van der Waals surface area contributed by atoms with Gasteiger partial charge in [-0.1, -0.05) is 18.2 Å². The fraction of sp³-hybridized carbons (Fsp3) is 0.368. The summed E-state index contributed by atoms with van der Waals surface area (Å²) in [6.45, 7) is 3.64. The van der Waals surface area contributed by atoms with Gasteiger partial charge in [-0.15, -0.1) is 0 Å². The molecule has 2 aromatic heterocycles. The summed E-state index contributed by atoms with van der Waals surface area (Å²) in [5.74, 6) is -0.399. The van der Waals surface area contributed by atoms with Crippen molar-refractivity contribution in [3.63, 3.8) is 0 Å². The smallest absolute Gasteiger partial charge is 0.332 e. The van der Waals surface area contributed by atoms with E-state index in [-0.39, 0.29) is 23.8 Å². The number of aromatic nitrogens is 4. The quantitative estimate of drug-likeness (QED) is 0.503. The van der Waals surface area contributed by atoms with Gasteiger partial charge >= 0.3 is 5.69 Å². The van der Waals surface area contributed by atoms with E-state index in [1.807, 2.05) is 13.8 Å². The molecule has 1 unspecified atom stereocenters. The standard InChI is InChI=1S/C19H24N6O4/c1-11(2)21-17(27)12-7-5-6-8-13(12)22-14(26)9-25-10-20-16-15(25)18(28)24(4)19(29)23(16)3/h5-8,10-11,17,21,27H,9H2,1-4H3,(H,22,26). The maximum Gasteiger partial charge on any atom is 0.332 e. The molecule has 0 radical (unpaired) electrons. The minimum absolute atomic E-state index is 0.0499. The van der Waals surface area contributed by atoms with E-state index >= 15 is 0 Å². The number of nitrogens with zero attached hydrogens (tertiary/aromatic N) is 4. The van der Waals surface area contributed by atoms with Gasteiger partial charge < -0.3 is 15.0 Å². The number of hydrogen-bond acceptors (Lipinski definition) is 6. The zero-order chi connectivity index (χ0) is 21.3. The van der Waals surface area contributed by atoms with Gasteiger partial charge in [0, 0.05) is 31.4 Å². The van der Waals surface area contributed by atoms with Crippen molar-refractivity contribution >= 4 is 22.8 Å². The van der Waals surface area contributed by atoms with Crippen LogP contribution in [0.1, 0.15) is 25.6 Å². The number of anilines is 1. The third-order valence-corrected chi connectivity index (χ3v) is 4.55. The van der Waals surface area contributed by atoms with Crippen molar-refractivity contribution in [3.8, 4) is 0 Å². The van der Waals surface area contributed by atoms with Crippen molar-refractivity contribution in [2.75, 3.05) is 5.32 Å². The lowest BCUT2D eigenvalue weighted by Gasteiger charge is -2.19. The van der Waals surface area contributed by atoms with Gasteiger partial charge in [-0.25, -0.2) is 9.78 Å². The Hall–Kier alpha value is -3.24. The lowest BCUT2D eigenvalue weighted by atomic mass is 10.1. The SMILES string of the molecule is CC(C)NC(O)c1ccccc1NC(=O)Cn1cnc2c1c(=O)n(C)c(=O)n2C. The van der Waals surface area contributed by atoms with Gasteiger partial charge in [-0.3, -0.25) is 24.0 Å². The first-order valence-corrected chi connectivity index (χ1v) is 9.14. The lowest BCUT2D eigenvalue weighted by Crippen LogP contribution is -2.37. The maximum atomic E-state index is 12.6. The number of aliphatic hydroxyl groups is 1. The molecule has 1 atom stereocenters. The average Bonchev–Trinajstić information content (AvgIpc) is 3.08. The van der Waals surface area contributed by atoms with Gasteiger partial charge in [0.15, 0.2) is 11.2 Å². The Morgan fingerprint density at radius 1 is 1.17 bits per heavy atom. The average molecular weight is 400 g/mol. The molecule has 0 aliphatic carbocycles. The highest BCUT2D eigenvalue weighted by molar-refractivity contribution is 5.92. The van der Waals surface area contributed by atoms with Crippen LogP contribution in [0.2, 0.25) is 0 Å². The second-order valence-electron chi connectivity index (χ2n) is 7.11. The predicted molar refractivity (Wildman–Crippen MR) is 109 cm³/mol.